The molecule has 0 aromatic carbocycles. The molecule has 1 saturated heterocycles. The third kappa shape index (κ3) is 4.78. The average Bonchev–Trinajstić information content (AvgIpc) is 3.01. The van der Waals surface area contributed by atoms with Crippen molar-refractivity contribution in [3.63, 3.8) is 0 Å². The Morgan fingerprint density at radius 3 is 2.37 bits per heavy atom. The molecule has 0 bridgehead atoms. The number of aryl methyl sites for hydroxylation is 1. The fraction of sp³-hybridized carbons (Fsp3) is 0.688. The second kappa shape index (κ2) is 8.26. The molecule has 11 heteroatoms. The van der Waals surface area contributed by atoms with Crippen molar-refractivity contribution in [1.29, 1.82) is 0 Å². The highest BCUT2D eigenvalue weighted by Gasteiger charge is 2.59. The number of imidazole rings is 1. The number of hydrogen-bond acceptors (Lipinski definition) is 5. The summed E-state index contributed by atoms with van der Waals surface area (Å²) in [6.45, 7) is 3.61. The Morgan fingerprint density at radius 1 is 1.26 bits per heavy atom. The Morgan fingerprint density at radius 2 is 1.89 bits per heavy atom. The van der Waals surface area contributed by atoms with Crippen LogP contribution in [0.5, 0.6) is 0 Å². The van der Waals surface area contributed by atoms with Crippen molar-refractivity contribution >= 4 is 11.8 Å². The van der Waals surface area contributed by atoms with Crippen molar-refractivity contribution < 1.29 is 27.9 Å². The van der Waals surface area contributed by atoms with E-state index in [1.165, 1.54) is 18.1 Å². The van der Waals surface area contributed by atoms with Gasteiger partial charge in [0, 0.05) is 52.2 Å². The van der Waals surface area contributed by atoms with Crippen molar-refractivity contribution in [1.82, 2.24) is 24.7 Å². The molecule has 8 nitrogen and oxygen atoms in total. The number of aromatic nitrogens is 2. The smallest absolute Gasteiger partial charge is 0.374 e. The van der Waals surface area contributed by atoms with Crippen molar-refractivity contribution in [2.24, 2.45) is 7.05 Å². The lowest BCUT2D eigenvalue weighted by Crippen LogP contribution is -2.54. The van der Waals surface area contributed by atoms with Gasteiger partial charge in [-0.25, -0.2) is 4.98 Å². The van der Waals surface area contributed by atoms with Crippen LogP contribution in [0.1, 0.15) is 19.2 Å². The molecule has 1 atom stereocenters. The molecule has 2 N–H and O–H groups in total. The zero-order chi connectivity index (χ0) is 20.2. The molecule has 0 radical (unpaired) electrons. The Kier molecular flexibility index (Phi) is 6.47. The molecule has 1 aliphatic rings. The fourth-order valence-electron chi connectivity index (χ4n) is 3.01. The van der Waals surface area contributed by atoms with Crippen LogP contribution in [0.4, 0.5) is 13.2 Å². The summed E-state index contributed by atoms with van der Waals surface area (Å²) < 4.78 is 41.6. The van der Waals surface area contributed by atoms with Crippen molar-refractivity contribution in [2.45, 2.75) is 25.1 Å². The lowest BCUT2D eigenvalue weighted by Gasteiger charge is -2.36. The predicted molar refractivity (Wildman–Crippen MR) is 89.5 cm³/mol. The molecule has 1 fully saturated rings. The molecule has 0 aliphatic carbocycles. The molecule has 2 rings (SSSR count). The van der Waals surface area contributed by atoms with Crippen LogP contribution in [0.15, 0.2) is 12.4 Å². The maximum atomic E-state index is 13.5. The third-order valence-electron chi connectivity index (χ3n) is 4.53. The van der Waals surface area contributed by atoms with Gasteiger partial charge in [0.15, 0.2) is 5.82 Å². The number of alkyl halides is 3. The van der Waals surface area contributed by atoms with Crippen LogP contribution in [0.2, 0.25) is 0 Å². The van der Waals surface area contributed by atoms with Crippen molar-refractivity contribution in [3.05, 3.63) is 18.2 Å². The van der Waals surface area contributed by atoms with Gasteiger partial charge in [-0.2, -0.15) is 13.2 Å². The zero-order valence-corrected chi connectivity index (χ0v) is 15.3. The van der Waals surface area contributed by atoms with Gasteiger partial charge in [0.05, 0.1) is 13.0 Å². The molecule has 0 spiro atoms. The lowest BCUT2D eigenvalue weighted by molar-refractivity contribution is -0.272. The number of likely N-dealkylation sites (N-methyl/N-ethyl adjacent to an activating group) is 1. The highest BCUT2D eigenvalue weighted by atomic mass is 19.4. The van der Waals surface area contributed by atoms with Gasteiger partial charge in [-0.05, 0) is 6.92 Å². The molecule has 2 heterocycles. The number of carbonyl (C=O) groups is 2. The molecular formula is C16H24F3N5O3. The Labute approximate surface area is 154 Å². The van der Waals surface area contributed by atoms with E-state index in [4.69, 9.17) is 0 Å². The SMILES string of the molecule is CCNC(=O)CN1CCN(C(=O)CC(O)(c2nccn2C)C(F)(F)F)CC1. The minimum absolute atomic E-state index is 0.140. The number of rotatable bonds is 6. The van der Waals surface area contributed by atoms with E-state index in [1.807, 2.05) is 4.90 Å². The highest BCUT2D eigenvalue weighted by molar-refractivity contribution is 5.79. The summed E-state index contributed by atoms with van der Waals surface area (Å²) in [4.78, 5) is 30.7. The number of halogens is 3. The van der Waals surface area contributed by atoms with Gasteiger partial charge in [0.2, 0.25) is 17.4 Å². The van der Waals surface area contributed by atoms with Gasteiger partial charge >= 0.3 is 6.18 Å². The number of piperazine rings is 1. The number of nitrogens with one attached hydrogen (secondary N) is 1. The molecule has 1 aromatic rings. The van der Waals surface area contributed by atoms with Crippen LogP contribution >= 0.6 is 0 Å². The van der Waals surface area contributed by atoms with Crippen molar-refractivity contribution in [3.8, 4) is 0 Å². The first-order valence-electron chi connectivity index (χ1n) is 8.62. The van der Waals surface area contributed by atoms with Gasteiger partial charge < -0.3 is 19.9 Å². The van der Waals surface area contributed by atoms with Crippen LogP contribution in [-0.4, -0.2) is 81.7 Å². The summed E-state index contributed by atoms with van der Waals surface area (Å²) in [6.07, 6.45) is -3.78. The summed E-state index contributed by atoms with van der Waals surface area (Å²) in [7, 11) is 1.32. The Hall–Kier alpha value is -2.14. The van der Waals surface area contributed by atoms with Crippen LogP contribution < -0.4 is 5.32 Å². The second-order valence-corrected chi connectivity index (χ2v) is 6.51. The summed E-state index contributed by atoms with van der Waals surface area (Å²) >= 11 is 0. The number of nitrogens with zero attached hydrogens (tertiary/aromatic N) is 4. The standard InChI is InChI=1S/C16H24F3N5O3/c1-3-20-12(25)11-23-6-8-24(9-7-23)13(26)10-15(27,16(17,18)19)14-21-4-5-22(14)2/h4-5,27H,3,6-11H2,1-2H3,(H,20,25). The van der Waals surface area contributed by atoms with Crippen LogP contribution in [0.3, 0.4) is 0 Å². The quantitative estimate of drug-likeness (QED) is 0.703. The maximum Gasteiger partial charge on any atom is 0.425 e. The lowest BCUT2D eigenvalue weighted by atomic mass is 9.96. The summed E-state index contributed by atoms with van der Waals surface area (Å²) in [5.41, 5.74) is -3.36. The fourth-order valence-corrected chi connectivity index (χ4v) is 3.01. The molecule has 2 amide bonds. The van der Waals surface area contributed by atoms with Gasteiger partial charge in [-0.3, -0.25) is 14.5 Å². The van der Waals surface area contributed by atoms with E-state index in [2.05, 4.69) is 10.3 Å². The molecule has 27 heavy (non-hydrogen) atoms. The van der Waals surface area contributed by atoms with Gasteiger partial charge in [-0.15, -0.1) is 0 Å². The predicted octanol–water partition coefficient (Wildman–Crippen LogP) is -0.160. The van der Waals surface area contributed by atoms with Gasteiger partial charge in [0.25, 0.3) is 0 Å². The van der Waals surface area contributed by atoms with E-state index in [-0.39, 0.29) is 25.5 Å². The zero-order valence-electron chi connectivity index (χ0n) is 15.3. The normalized spacial score (nSPS) is 18.2. The van der Waals surface area contributed by atoms with E-state index in [9.17, 15) is 27.9 Å². The van der Waals surface area contributed by atoms with Crippen molar-refractivity contribution in [2.75, 3.05) is 39.3 Å². The molecular weight excluding hydrogens is 367 g/mol. The minimum Gasteiger partial charge on any atom is -0.374 e. The molecule has 1 aliphatic heterocycles. The van der Waals surface area contributed by atoms with E-state index in [0.717, 1.165) is 10.8 Å². The molecule has 0 saturated carbocycles. The second-order valence-electron chi connectivity index (χ2n) is 6.51. The number of amides is 2. The molecule has 1 aromatic heterocycles. The largest absolute Gasteiger partial charge is 0.425 e. The first kappa shape index (κ1) is 21.2. The Bertz CT molecular complexity index is 671. The van der Waals surface area contributed by atoms with E-state index < -0.39 is 29.9 Å². The topological polar surface area (TPSA) is 90.7 Å². The first-order chi connectivity index (χ1) is 12.6. The average molecular weight is 391 g/mol. The van der Waals surface area contributed by atoms with E-state index >= 15 is 0 Å². The maximum absolute atomic E-state index is 13.5. The van der Waals surface area contributed by atoms with Gasteiger partial charge in [-0.1, -0.05) is 0 Å². The minimum atomic E-state index is -5.05. The van der Waals surface area contributed by atoms with Gasteiger partial charge in [0.1, 0.15) is 0 Å². The highest BCUT2D eigenvalue weighted by Crippen LogP contribution is 2.41. The van der Waals surface area contributed by atoms with E-state index in [0.29, 0.717) is 19.6 Å². The number of aliphatic hydroxyl groups is 1. The number of hydrogen-bond donors (Lipinski definition) is 2. The van der Waals surface area contributed by atoms with E-state index in [1.54, 1.807) is 6.92 Å². The number of carbonyl (C=O) groups excluding carboxylic acids is 2. The van der Waals surface area contributed by atoms with Crippen LogP contribution in [0.25, 0.3) is 0 Å². The Balaban J connectivity index is 2.01. The third-order valence-corrected chi connectivity index (χ3v) is 4.53. The first-order valence-corrected chi connectivity index (χ1v) is 8.62. The molecule has 152 valence electrons. The summed E-state index contributed by atoms with van der Waals surface area (Å²) in [5.74, 6) is -1.58. The summed E-state index contributed by atoms with van der Waals surface area (Å²) in [6, 6.07) is 0. The summed E-state index contributed by atoms with van der Waals surface area (Å²) in [5, 5.41) is 13.0. The monoisotopic (exact) mass is 391 g/mol. The van der Waals surface area contributed by atoms with Crippen LogP contribution in [-0.2, 0) is 22.2 Å². The molecule has 1 unspecified atom stereocenters. The van der Waals surface area contributed by atoms with Crippen LogP contribution in [0, 0.1) is 0 Å².